The number of aryl methyl sites for hydroxylation is 1. The molecule has 0 unspecified atom stereocenters. The van der Waals surface area contributed by atoms with E-state index >= 15 is 0 Å². The van der Waals surface area contributed by atoms with E-state index < -0.39 is 10.7 Å². The summed E-state index contributed by atoms with van der Waals surface area (Å²) in [6.45, 7) is 1.92. The van der Waals surface area contributed by atoms with Crippen LogP contribution in [0.15, 0.2) is 41.2 Å². The van der Waals surface area contributed by atoms with Gasteiger partial charge in [-0.2, -0.15) is 0 Å². The van der Waals surface area contributed by atoms with Crippen LogP contribution in [0.2, 0.25) is 0 Å². The Morgan fingerprint density at radius 3 is 1.45 bits per heavy atom. The predicted molar refractivity (Wildman–Crippen MR) is 94.7 cm³/mol. The van der Waals surface area contributed by atoms with Gasteiger partial charge in [-0.25, -0.2) is 4.68 Å². The Hall–Kier alpha value is -2.71. The third-order valence-electron chi connectivity index (χ3n) is 3.54. The molecule has 0 spiro atoms. The molecule has 0 aliphatic carbocycles. The molecule has 0 aliphatic rings. The first-order valence-corrected chi connectivity index (χ1v) is 10.2. The van der Waals surface area contributed by atoms with Crippen LogP contribution in [0.25, 0.3) is 11.8 Å². The molecule has 0 atom stereocenters. The van der Waals surface area contributed by atoms with Crippen LogP contribution < -0.4 is 56.9 Å². The molecule has 0 saturated heterocycles. The third kappa shape index (κ3) is 4.49. The Balaban J connectivity index is 0. The Morgan fingerprint density at radius 2 is 1.21 bits per heavy atom. The van der Waals surface area contributed by atoms with Gasteiger partial charge in [0.1, 0.15) is 0 Å². The minimum Gasteiger partial charge on any atom is -0.693 e. The van der Waals surface area contributed by atoms with Crippen LogP contribution in [0.1, 0.15) is 5.69 Å². The van der Waals surface area contributed by atoms with E-state index in [0.717, 1.165) is 41.2 Å². The Morgan fingerprint density at radius 1 is 0.828 bits per heavy atom. The molecule has 0 aliphatic heterocycles. The van der Waals surface area contributed by atoms with Gasteiger partial charge < -0.3 is 6.15 Å². The molecule has 12 heteroatoms. The van der Waals surface area contributed by atoms with Gasteiger partial charge in [0.25, 0.3) is 5.56 Å². The van der Waals surface area contributed by atoms with Gasteiger partial charge in [-0.3, -0.25) is 9.48 Å². The predicted octanol–water partition coefficient (Wildman–Crippen LogP) is -0.696. The van der Waals surface area contributed by atoms with Crippen LogP contribution in [-0.4, -0.2) is 9.36 Å². The van der Waals surface area contributed by atoms with Crippen molar-refractivity contribution in [3.8, 4) is 35.5 Å². The SMILES string of the molecule is Cc1cc(=O)n(-c2ccccc2)n1C.N#[C][Fe]([C]#N)([C]#N)([C]#N)([C]#N)[C]#N.[K+].[NH2-]. The second kappa shape index (κ2) is 9.66. The first kappa shape index (κ1) is 28.5. The van der Waals surface area contributed by atoms with E-state index in [1.54, 1.807) is 10.7 Å². The maximum absolute atomic E-state index is 11.6. The minimum absolute atomic E-state index is 0. The monoisotopic (exact) mass is 455 g/mol. The molecule has 29 heavy (non-hydrogen) atoms. The molecule has 0 radical (unpaired) electrons. The zero-order valence-corrected chi connectivity index (χ0v) is 20.1. The number of nitriles is 6. The summed E-state index contributed by atoms with van der Waals surface area (Å²) in [7, 11) is -4.29. The second-order valence-electron chi connectivity index (χ2n) is 5.10. The number of nitrogens with zero attached hydrogens (tertiary/aromatic N) is 8. The zero-order chi connectivity index (χ0) is 20.8. The smallest absolute Gasteiger partial charge is 0.693 e. The summed E-state index contributed by atoms with van der Waals surface area (Å²) >= 11 is 0. The number of para-hydroxylation sites is 1. The fraction of sp³-hybridized carbons (Fsp3) is 0.118. The number of nitrogens with two attached hydrogens (primary N) is 1. The van der Waals surface area contributed by atoms with Gasteiger partial charge in [0, 0.05) is 18.8 Å². The van der Waals surface area contributed by atoms with Gasteiger partial charge in [0.05, 0.1) is 5.69 Å². The van der Waals surface area contributed by atoms with Crippen LogP contribution in [0.5, 0.6) is 0 Å². The number of aromatic nitrogens is 2. The average molecular weight is 455 g/mol. The number of benzene rings is 1. The van der Waals surface area contributed by atoms with E-state index in [-0.39, 0.29) is 63.1 Å². The van der Waals surface area contributed by atoms with Crippen molar-refractivity contribution in [3.63, 3.8) is 0 Å². The fourth-order valence-electron chi connectivity index (χ4n) is 1.77. The minimum atomic E-state index is -6.17. The molecular weight excluding hydrogens is 441 g/mol. The van der Waals surface area contributed by atoms with Crippen molar-refractivity contribution in [1.82, 2.24) is 9.36 Å². The van der Waals surface area contributed by atoms with Crippen molar-refractivity contribution >= 4 is 0 Å². The van der Waals surface area contributed by atoms with Crippen molar-refractivity contribution in [1.29, 1.82) is 31.6 Å². The quantitative estimate of drug-likeness (QED) is 0.505. The van der Waals surface area contributed by atoms with Crippen molar-refractivity contribution in [2.45, 2.75) is 6.92 Å². The van der Waals surface area contributed by atoms with Gasteiger partial charge in [-0.1, -0.05) is 18.2 Å². The molecule has 10 nitrogen and oxygen atoms in total. The van der Waals surface area contributed by atoms with Gasteiger partial charge in [0.15, 0.2) is 0 Å². The molecule has 0 amide bonds. The van der Waals surface area contributed by atoms with Crippen LogP contribution in [0, 0.1) is 68.3 Å². The van der Waals surface area contributed by atoms with Crippen LogP contribution >= 0.6 is 0 Å². The molecule has 1 heterocycles. The van der Waals surface area contributed by atoms with Crippen molar-refractivity contribution in [3.05, 3.63) is 58.6 Å². The summed E-state index contributed by atoms with van der Waals surface area (Å²) in [6.07, 6.45) is 0. The summed E-state index contributed by atoms with van der Waals surface area (Å²) in [5.41, 5.74) is 1.86. The van der Waals surface area contributed by atoms with Crippen LogP contribution in [0.3, 0.4) is 0 Å². The topological polar surface area (TPSA) is 203 Å². The van der Waals surface area contributed by atoms with E-state index in [1.165, 1.54) is 0 Å². The van der Waals surface area contributed by atoms with Gasteiger partial charge in [0.2, 0.25) is 0 Å². The molecule has 2 aromatic rings. The van der Waals surface area contributed by atoms with Crippen molar-refractivity contribution in [2.75, 3.05) is 0 Å². The van der Waals surface area contributed by atoms with Crippen molar-refractivity contribution < 1.29 is 62.1 Å². The molecule has 0 bridgehead atoms. The Kier molecular flexibility index (Phi) is 9.49. The molecule has 0 saturated carbocycles. The standard InChI is InChI=1S/C11H12N2O.6CN.Fe.K.H2N/c1-9-8-11(14)13(12(9)2)10-6-4-3-5-7-10;6*1-2;;;/h3-8H,1-2H3;;;;;;;;;1H2/q;;;;;;;;+1;-1. The summed E-state index contributed by atoms with van der Waals surface area (Å²) in [4.78, 5) is 17.8. The Labute approximate surface area is 208 Å². The Bertz CT molecular complexity index is 1090. The first-order valence-electron chi connectivity index (χ1n) is 6.91. The molecular formula is C17H14FeKN9O. The largest absolute Gasteiger partial charge is 1.00 e. The summed E-state index contributed by atoms with van der Waals surface area (Å²) in [5, 5.41) is 51.5. The third-order valence-corrected chi connectivity index (χ3v) is 7.24. The summed E-state index contributed by atoms with van der Waals surface area (Å²) in [6, 6.07) is 11.2. The van der Waals surface area contributed by atoms with Crippen LogP contribution in [-0.2, 0) is 17.8 Å². The molecule has 142 valence electrons. The zero-order valence-electron chi connectivity index (χ0n) is 15.9. The van der Waals surface area contributed by atoms with Crippen LogP contribution in [0.4, 0.5) is 0 Å². The summed E-state index contributed by atoms with van der Waals surface area (Å²) in [5.74, 6) is 0. The molecule has 2 N–H and O–H groups in total. The molecule has 1 aromatic heterocycles. The molecule has 0 fully saturated rings. The van der Waals surface area contributed by atoms with E-state index in [4.69, 9.17) is 31.6 Å². The number of hydrogen-bond donors (Lipinski definition) is 0. The first-order chi connectivity index (χ1) is 12.7. The van der Waals surface area contributed by atoms with Gasteiger partial charge in [-0.05, 0) is 19.1 Å². The maximum Gasteiger partial charge on any atom is 1.00 e. The number of rotatable bonds is 1. The fourth-order valence-corrected chi connectivity index (χ4v) is 2.60. The van der Waals surface area contributed by atoms with Gasteiger partial charge >= 0.3 is 123 Å². The van der Waals surface area contributed by atoms with E-state index in [1.807, 2.05) is 49.0 Å². The number of hydrogen-bond acceptors (Lipinski definition) is 7. The summed E-state index contributed by atoms with van der Waals surface area (Å²) < 4.78 is 3.49. The maximum atomic E-state index is 11.6. The van der Waals surface area contributed by atoms with Crippen molar-refractivity contribution in [2.24, 2.45) is 7.05 Å². The molecule has 1 aromatic carbocycles. The van der Waals surface area contributed by atoms with E-state index in [9.17, 15) is 4.79 Å². The second-order valence-corrected chi connectivity index (χ2v) is 10.7. The normalized spacial score (nSPS) is 11.0. The average Bonchev–Trinajstić information content (AvgIpc) is 2.99. The van der Waals surface area contributed by atoms with E-state index in [2.05, 4.69) is 0 Å². The van der Waals surface area contributed by atoms with Gasteiger partial charge in [-0.15, -0.1) is 0 Å². The van der Waals surface area contributed by atoms with E-state index in [0.29, 0.717) is 0 Å². The molecule has 2 rings (SSSR count).